The zero-order valence-corrected chi connectivity index (χ0v) is 21.4. The van der Waals surface area contributed by atoms with Crippen LogP contribution in [0.25, 0.3) is 66.6 Å². The summed E-state index contributed by atoms with van der Waals surface area (Å²) in [6.07, 6.45) is 0. The first-order valence-electron chi connectivity index (χ1n) is 13.1. The summed E-state index contributed by atoms with van der Waals surface area (Å²) < 4.78 is 28.8. The summed E-state index contributed by atoms with van der Waals surface area (Å²) in [6.45, 7) is 0. The maximum atomic E-state index is 14.4. The molecule has 0 bridgehead atoms. The van der Waals surface area contributed by atoms with Crippen LogP contribution in [0.4, 0.5) is 8.78 Å². The van der Waals surface area contributed by atoms with Gasteiger partial charge in [0.1, 0.15) is 11.6 Å². The van der Waals surface area contributed by atoms with Crippen LogP contribution in [-0.4, -0.2) is 9.97 Å². The Morgan fingerprint density at radius 1 is 0.375 bits per heavy atom. The Morgan fingerprint density at radius 2 is 0.775 bits per heavy atom. The number of halogens is 2. The maximum Gasteiger partial charge on any atom is 0.123 e. The number of hydrogen-bond acceptors (Lipinski definition) is 2. The molecular weight excluding hydrogens is 498 g/mol. The Balaban J connectivity index is 1.62. The predicted molar refractivity (Wildman–Crippen MR) is 159 cm³/mol. The normalized spacial score (nSPS) is 11.2. The molecule has 4 heteroatoms. The van der Waals surface area contributed by atoms with E-state index in [4.69, 9.17) is 9.97 Å². The molecule has 190 valence electrons. The number of nitrogens with zero attached hydrogens (tertiary/aromatic N) is 2. The van der Waals surface area contributed by atoms with E-state index < -0.39 is 0 Å². The van der Waals surface area contributed by atoms with Crippen LogP contribution in [0.5, 0.6) is 0 Å². The third-order valence-corrected chi connectivity index (χ3v) is 7.17. The van der Waals surface area contributed by atoms with Gasteiger partial charge >= 0.3 is 0 Å². The Kier molecular flexibility index (Phi) is 5.86. The average molecular weight is 521 g/mol. The van der Waals surface area contributed by atoms with Crippen molar-refractivity contribution in [1.82, 2.24) is 9.97 Å². The molecule has 2 nitrogen and oxygen atoms in total. The second-order valence-corrected chi connectivity index (χ2v) is 9.72. The van der Waals surface area contributed by atoms with E-state index >= 15 is 0 Å². The smallest absolute Gasteiger partial charge is 0.123 e. The quantitative estimate of drug-likeness (QED) is 0.216. The number of hydrogen-bond donors (Lipinski definition) is 0. The highest BCUT2D eigenvalue weighted by Crippen LogP contribution is 2.39. The molecule has 7 rings (SSSR count). The fourth-order valence-electron chi connectivity index (χ4n) is 5.28. The lowest BCUT2D eigenvalue weighted by Gasteiger charge is -2.15. The standard InChI is InChI=1S/C36H22F2N2/c37-27-15-7-13-25(19-27)31-21-33(23-9-3-1-4-10-23)39-35-29(31)17-18-30-32(26-14-8-16-28(38)20-26)22-34(40-36(30)35)24-11-5-2-6-12-24/h1-22H. The van der Waals surface area contributed by atoms with E-state index in [1.807, 2.05) is 97.1 Å². The van der Waals surface area contributed by atoms with Crippen molar-refractivity contribution in [2.45, 2.75) is 0 Å². The van der Waals surface area contributed by atoms with Crippen LogP contribution in [-0.2, 0) is 0 Å². The second kappa shape index (κ2) is 9.83. The Hall–Kier alpha value is -5.22. The molecule has 0 fully saturated rings. The van der Waals surface area contributed by atoms with Gasteiger partial charge in [-0.15, -0.1) is 0 Å². The van der Waals surface area contributed by atoms with Crippen molar-refractivity contribution in [1.29, 1.82) is 0 Å². The molecule has 0 spiro atoms. The number of aromatic nitrogens is 2. The largest absolute Gasteiger partial charge is 0.245 e. The lowest BCUT2D eigenvalue weighted by atomic mass is 9.94. The lowest BCUT2D eigenvalue weighted by Crippen LogP contribution is -1.96. The Bertz CT molecular complexity index is 1870. The van der Waals surface area contributed by atoms with Gasteiger partial charge in [0.2, 0.25) is 0 Å². The first kappa shape index (κ1) is 23.9. The zero-order valence-electron chi connectivity index (χ0n) is 21.4. The van der Waals surface area contributed by atoms with Crippen LogP contribution in [0.1, 0.15) is 0 Å². The number of rotatable bonds is 4. The summed E-state index contributed by atoms with van der Waals surface area (Å²) in [5.41, 5.74) is 8.07. The molecule has 0 saturated heterocycles. The van der Waals surface area contributed by atoms with Gasteiger partial charge in [0.15, 0.2) is 0 Å². The zero-order chi connectivity index (χ0) is 27.1. The van der Waals surface area contributed by atoms with Crippen molar-refractivity contribution in [3.63, 3.8) is 0 Å². The van der Waals surface area contributed by atoms with E-state index in [0.29, 0.717) is 11.0 Å². The summed E-state index contributed by atoms with van der Waals surface area (Å²) in [5, 5.41) is 1.72. The molecule has 2 heterocycles. The lowest BCUT2D eigenvalue weighted by molar-refractivity contribution is 0.628. The molecule has 0 aliphatic rings. The molecule has 7 aromatic rings. The van der Waals surface area contributed by atoms with Crippen LogP contribution in [0.3, 0.4) is 0 Å². The summed E-state index contributed by atoms with van der Waals surface area (Å²) in [7, 11) is 0. The van der Waals surface area contributed by atoms with E-state index in [-0.39, 0.29) is 11.6 Å². The monoisotopic (exact) mass is 520 g/mol. The van der Waals surface area contributed by atoms with Crippen LogP contribution < -0.4 is 0 Å². The summed E-state index contributed by atoms with van der Waals surface area (Å²) in [5.74, 6) is -0.607. The van der Waals surface area contributed by atoms with Gasteiger partial charge in [-0.2, -0.15) is 0 Å². The minimum Gasteiger partial charge on any atom is -0.245 e. The fourth-order valence-corrected chi connectivity index (χ4v) is 5.28. The van der Waals surface area contributed by atoms with Crippen molar-refractivity contribution < 1.29 is 8.78 Å². The number of fused-ring (bicyclic) bond motifs is 3. The Labute approximate surface area is 230 Å². The molecule has 2 aromatic heterocycles. The number of benzene rings is 5. The van der Waals surface area contributed by atoms with Gasteiger partial charge in [0.25, 0.3) is 0 Å². The van der Waals surface area contributed by atoms with Gasteiger partial charge < -0.3 is 0 Å². The van der Waals surface area contributed by atoms with Crippen LogP contribution in [0.2, 0.25) is 0 Å². The van der Waals surface area contributed by atoms with E-state index in [9.17, 15) is 8.78 Å². The molecule has 0 saturated carbocycles. The number of pyridine rings is 2. The van der Waals surface area contributed by atoms with Crippen molar-refractivity contribution in [2.75, 3.05) is 0 Å². The van der Waals surface area contributed by atoms with Gasteiger partial charge in [0, 0.05) is 21.9 Å². The van der Waals surface area contributed by atoms with E-state index in [0.717, 1.165) is 55.5 Å². The first-order valence-corrected chi connectivity index (χ1v) is 13.1. The Morgan fingerprint density at radius 3 is 1.18 bits per heavy atom. The van der Waals surface area contributed by atoms with E-state index in [1.54, 1.807) is 24.3 Å². The summed E-state index contributed by atoms with van der Waals surface area (Å²) >= 11 is 0. The highest BCUT2D eigenvalue weighted by Gasteiger charge is 2.17. The van der Waals surface area contributed by atoms with Crippen molar-refractivity contribution in [2.24, 2.45) is 0 Å². The van der Waals surface area contributed by atoms with Gasteiger partial charge in [-0.1, -0.05) is 97.1 Å². The molecule has 0 amide bonds. The van der Waals surface area contributed by atoms with Crippen molar-refractivity contribution in [3.05, 3.63) is 145 Å². The van der Waals surface area contributed by atoms with Gasteiger partial charge in [0.05, 0.1) is 22.4 Å². The summed E-state index contributed by atoms with van der Waals surface area (Å²) in [4.78, 5) is 10.3. The molecule has 0 N–H and O–H groups in total. The SMILES string of the molecule is Fc1cccc(-c2cc(-c3ccccc3)nc3c2ccc2c(-c4cccc(F)c4)cc(-c4ccccc4)nc23)c1. The minimum atomic E-state index is -0.303. The first-order chi connectivity index (χ1) is 19.6. The average Bonchev–Trinajstić information content (AvgIpc) is 3.00. The van der Waals surface area contributed by atoms with E-state index in [2.05, 4.69) is 0 Å². The van der Waals surface area contributed by atoms with Gasteiger partial charge in [-0.3, -0.25) is 0 Å². The molecule has 5 aromatic carbocycles. The van der Waals surface area contributed by atoms with Crippen LogP contribution in [0, 0.1) is 11.6 Å². The van der Waals surface area contributed by atoms with Crippen LogP contribution in [0.15, 0.2) is 133 Å². The summed E-state index contributed by atoms with van der Waals surface area (Å²) in [6, 6.07) is 41.1. The predicted octanol–water partition coefficient (Wildman–Crippen LogP) is 9.73. The maximum absolute atomic E-state index is 14.4. The molecular formula is C36H22F2N2. The molecule has 0 unspecified atom stereocenters. The van der Waals surface area contributed by atoms with Crippen LogP contribution >= 0.6 is 0 Å². The molecule has 0 atom stereocenters. The molecule has 0 radical (unpaired) electrons. The third kappa shape index (κ3) is 4.30. The fraction of sp³-hybridized carbons (Fsp3) is 0. The molecule has 0 aliphatic heterocycles. The van der Waals surface area contributed by atoms with Gasteiger partial charge in [-0.25, -0.2) is 18.7 Å². The van der Waals surface area contributed by atoms with E-state index in [1.165, 1.54) is 12.1 Å². The minimum absolute atomic E-state index is 0.303. The highest BCUT2D eigenvalue weighted by molar-refractivity contribution is 6.13. The molecule has 40 heavy (non-hydrogen) atoms. The molecule has 0 aliphatic carbocycles. The highest BCUT2D eigenvalue weighted by atomic mass is 19.1. The van der Waals surface area contributed by atoms with Crippen molar-refractivity contribution >= 4 is 21.8 Å². The van der Waals surface area contributed by atoms with Gasteiger partial charge in [-0.05, 0) is 58.7 Å². The van der Waals surface area contributed by atoms with Crippen molar-refractivity contribution in [3.8, 4) is 44.8 Å². The second-order valence-electron chi connectivity index (χ2n) is 9.72. The third-order valence-electron chi connectivity index (χ3n) is 7.17. The topological polar surface area (TPSA) is 25.8 Å².